The molecule has 2 aromatic heterocycles. The Morgan fingerprint density at radius 2 is 2.09 bits per heavy atom. The number of hydrogen-bond donors (Lipinski definition) is 1. The standard InChI is InChI=1S/C15H13N7O/c1-11(18-19-15(23)13-5-3-7-16-9-13)12-4-2-6-14(8-12)22-10-17-20-21-22/h2-10H,1H3,(H,19,23). The third-order valence-electron chi connectivity index (χ3n) is 3.13. The number of pyridine rings is 1. The third kappa shape index (κ3) is 3.43. The van der Waals surface area contributed by atoms with E-state index in [0.717, 1.165) is 11.3 Å². The molecule has 8 nitrogen and oxygen atoms in total. The molecule has 8 heteroatoms. The van der Waals surface area contributed by atoms with Gasteiger partial charge in [-0.2, -0.15) is 5.10 Å². The number of benzene rings is 1. The Balaban J connectivity index is 1.76. The molecule has 0 spiro atoms. The van der Waals surface area contributed by atoms with Crippen LogP contribution in [0, 0.1) is 0 Å². The van der Waals surface area contributed by atoms with E-state index in [9.17, 15) is 4.79 Å². The quantitative estimate of drug-likeness (QED) is 0.577. The molecule has 1 amide bonds. The number of carbonyl (C=O) groups excluding carboxylic acids is 1. The molecule has 0 aliphatic rings. The summed E-state index contributed by atoms with van der Waals surface area (Å²) >= 11 is 0. The van der Waals surface area contributed by atoms with Crippen molar-refractivity contribution >= 4 is 11.6 Å². The fourth-order valence-electron chi connectivity index (χ4n) is 1.91. The lowest BCUT2D eigenvalue weighted by Gasteiger charge is -2.05. The van der Waals surface area contributed by atoms with Gasteiger partial charge in [0.25, 0.3) is 5.91 Å². The first-order valence-electron chi connectivity index (χ1n) is 6.82. The van der Waals surface area contributed by atoms with E-state index in [0.29, 0.717) is 11.3 Å². The minimum absolute atomic E-state index is 0.311. The SMILES string of the molecule is CC(=NNC(=O)c1cccnc1)c1cccc(-n2cnnn2)c1. The van der Waals surface area contributed by atoms with E-state index >= 15 is 0 Å². The highest BCUT2D eigenvalue weighted by Crippen LogP contribution is 2.09. The molecular formula is C15H13N7O. The number of nitrogens with one attached hydrogen (secondary N) is 1. The van der Waals surface area contributed by atoms with Gasteiger partial charge in [-0.15, -0.1) is 5.10 Å². The van der Waals surface area contributed by atoms with Gasteiger partial charge in [0.05, 0.1) is 17.0 Å². The van der Waals surface area contributed by atoms with Crippen molar-refractivity contribution in [3.05, 3.63) is 66.2 Å². The zero-order chi connectivity index (χ0) is 16.1. The average molecular weight is 307 g/mol. The van der Waals surface area contributed by atoms with Crippen LogP contribution in [-0.2, 0) is 0 Å². The summed E-state index contributed by atoms with van der Waals surface area (Å²) in [6, 6.07) is 10.9. The van der Waals surface area contributed by atoms with Crippen molar-refractivity contribution in [1.29, 1.82) is 0 Å². The molecule has 0 saturated carbocycles. The second kappa shape index (κ2) is 6.56. The fraction of sp³-hybridized carbons (Fsp3) is 0.0667. The number of hydrazone groups is 1. The Morgan fingerprint density at radius 3 is 2.83 bits per heavy atom. The highest BCUT2D eigenvalue weighted by atomic mass is 16.2. The first-order chi connectivity index (χ1) is 11.2. The second-order valence-electron chi connectivity index (χ2n) is 4.68. The van der Waals surface area contributed by atoms with Crippen LogP contribution >= 0.6 is 0 Å². The molecule has 0 atom stereocenters. The number of aromatic nitrogens is 5. The molecule has 0 aliphatic carbocycles. The van der Waals surface area contributed by atoms with Crippen LogP contribution in [0.15, 0.2) is 60.2 Å². The lowest BCUT2D eigenvalue weighted by molar-refractivity contribution is 0.0954. The normalized spacial score (nSPS) is 11.3. The summed E-state index contributed by atoms with van der Waals surface area (Å²) in [6.45, 7) is 1.81. The molecule has 2 heterocycles. The average Bonchev–Trinajstić information content (AvgIpc) is 3.15. The summed E-state index contributed by atoms with van der Waals surface area (Å²) in [7, 11) is 0. The Morgan fingerprint density at radius 1 is 1.22 bits per heavy atom. The lowest BCUT2D eigenvalue weighted by atomic mass is 10.1. The van der Waals surface area contributed by atoms with Gasteiger partial charge in [0.2, 0.25) is 0 Å². The monoisotopic (exact) mass is 307 g/mol. The van der Waals surface area contributed by atoms with Gasteiger partial charge in [0.15, 0.2) is 0 Å². The van der Waals surface area contributed by atoms with Gasteiger partial charge in [0, 0.05) is 12.4 Å². The zero-order valence-electron chi connectivity index (χ0n) is 12.3. The van der Waals surface area contributed by atoms with E-state index in [-0.39, 0.29) is 5.91 Å². The zero-order valence-corrected chi connectivity index (χ0v) is 12.3. The maximum Gasteiger partial charge on any atom is 0.272 e. The van der Waals surface area contributed by atoms with Crippen molar-refractivity contribution in [2.45, 2.75) is 6.92 Å². The van der Waals surface area contributed by atoms with E-state index in [2.05, 4.69) is 31.0 Å². The van der Waals surface area contributed by atoms with Gasteiger partial charge in [-0.3, -0.25) is 9.78 Å². The molecule has 0 radical (unpaired) electrons. The number of hydrogen-bond acceptors (Lipinski definition) is 6. The molecule has 1 aromatic carbocycles. The van der Waals surface area contributed by atoms with E-state index in [1.165, 1.54) is 12.5 Å². The number of tetrazole rings is 1. The van der Waals surface area contributed by atoms with Crippen molar-refractivity contribution in [2.75, 3.05) is 0 Å². The molecule has 0 fully saturated rings. The molecular weight excluding hydrogens is 294 g/mol. The number of carbonyl (C=O) groups is 1. The van der Waals surface area contributed by atoms with E-state index < -0.39 is 0 Å². The number of rotatable bonds is 4. The molecule has 3 rings (SSSR count). The van der Waals surface area contributed by atoms with Crippen molar-refractivity contribution in [3.8, 4) is 5.69 Å². The predicted octanol–water partition coefficient (Wildman–Crippen LogP) is 1.21. The van der Waals surface area contributed by atoms with Crippen LogP contribution < -0.4 is 5.43 Å². The molecule has 1 N–H and O–H groups in total. The predicted molar refractivity (Wildman–Crippen MR) is 83.1 cm³/mol. The summed E-state index contributed by atoms with van der Waals surface area (Å²) in [6.07, 6.45) is 4.60. The van der Waals surface area contributed by atoms with Crippen LogP contribution in [0.25, 0.3) is 5.69 Å². The summed E-state index contributed by atoms with van der Waals surface area (Å²) in [5.74, 6) is -0.311. The number of amides is 1. The maximum atomic E-state index is 11.9. The maximum absolute atomic E-state index is 11.9. The highest BCUT2D eigenvalue weighted by molar-refractivity contribution is 6.01. The Bertz CT molecular complexity index is 828. The van der Waals surface area contributed by atoms with Gasteiger partial charge in [-0.05, 0) is 47.2 Å². The lowest BCUT2D eigenvalue weighted by Crippen LogP contribution is -2.19. The molecule has 23 heavy (non-hydrogen) atoms. The van der Waals surface area contributed by atoms with Crippen LogP contribution in [-0.4, -0.2) is 36.8 Å². The summed E-state index contributed by atoms with van der Waals surface area (Å²) in [5, 5.41) is 15.2. The molecule has 114 valence electrons. The van der Waals surface area contributed by atoms with Crippen molar-refractivity contribution in [3.63, 3.8) is 0 Å². The van der Waals surface area contributed by atoms with Gasteiger partial charge in [-0.1, -0.05) is 12.1 Å². The van der Waals surface area contributed by atoms with E-state index in [1.54, 1.807) is 23.0 Å². The Hall–Kier alpha value is -3.42. The summed E-state index contributed by atoms with van der Waals surface area (Å²) < 4.78 is 1.55. The molecule has 0 unspecified atom stereocenters. The Labute approximate surface area is 131 Å². The van der Waals surface area contributed by atoms with Crippen LogP contribution in [0.1, 0.15) is 22.8 Å². The minimum Gasteiger partial charge on any atom is -0.267 e. The number of nitrogens with zero attached hydrogens (tertiary/aromatic N) is 6. The van der Waals surface area contributed by atoms with Crippen LogP contribution in [0.4, 0.5) is 0 Å². The molecule has 0 bridgehead atoms. The summed E-state index contributed by atoms with van der Waals surface area (Å²) in [4.78, 5) is 15.8. The summed E-state index contributed by atoms with van der Waals surface area (Å²) in [5.41, 5.74) is 5.29. The van der Waals surface area contributed by atoms with Gasteiger partial charge in [-0.25, -0.2) is 10.1 Å². The van der Waals surface area contributed by atoms with Gasteiger partial charge < -0.3 is 0 Å². The van der Waals surface area contributed by atoms with Gasteiger partial charge >= 0.3 is 0 Å². The molecule has 0 saturated heterocycles. The van der Waals surface area contributed by atoms with Crippen LogP contribution in [0.5, 0.6) is 0 Å². The second-order valence-corrected chi connectivity index (χ2v) is 4.68. The van der Waals surface area contributed by atoms with E-state index in [1.807, 2.05) is 31.2 Å². The first kappa shape index (κ1) is 14.5. The van der Waals surface area contributed by atoms with Crippen molar-refractivity contribution < 1.29 is 4.79 Å². The fourth-order valence-corrected chi connectivity index (χ4v) is 1.91. The topological polar surface area (TPSA) is 98.0 Å². The molecule has 3 aromatic rings. The van der Waals surface area contributed by atoms with Crippen molar-refractivity contribution in [1.82, 2.24) is 30.6 Å². The van der Waals surface area contributed by atoms with Crippen LogP contribution in [0.2, 0.25) is 0 Å². The minimum atomic E-state index is -0.311. The van der Waals surface area contributed by atoms with Gasteiger partial charge in [0.1, 0.15) is 6.33 Å². The third-order valence-corrected chi connectivity index (χ3v) is 3.13. The smallest absolute Gasteiger partial charge is 0.267 e. The first-order valence-corrected chi connectivity index (χ1v) is 6.82. The largest absolute Gasteiger partial charge is 0.272 e. The highest BCUT2D eigenvalue weighted by Gasteiger charge is 2.05. The van der Waals surface area contributed by atoms with Crippen LogP contribution in [0.3, 0.4) is 0 Å². The Kier molecular flexibility index (Phi) is 4.14. The molecule has 0 aliphatic heterocycles. The van der Waals surface area contributed by atoms with Crippen molar-refractivity contribution in [2.24, 2.45) is 5.10 Å². The van der Waals surface area contributed by atoms with E-state index in [4.69, 9.17) is 0 Å².